The Bertz CT molecular complexity index is 838. The third-order valence-electron chi connectivity index (χ3n) is 2.79. The molecule has 0 aromatic carbocycles. The van der Waals surface area contributed by atoms with Gasteiger partial charge < -0.3 is 0 Å². The second-order valence-corrected chi connectivity index (χ2v) is 7.04. The van der Waals surface area contributed by atoms with Gasteiger partial charge >= 0.3 is 0 Å². The van der Waals surface area contributed by atoms with Crippen molar-refractivity contribution in [1.82, 2.24) is 9.97 Å². The Morgan fingerprint density at radius 3 is 2.77 bits per heavy atom. The summed E-state index contributed by atoms with van der Waals surface area (Å²) in [4.78, 5) is 20.0. The molecule has 0 unspecified atom stereocenters. The lowest BCUT2D eigenvalue weighted by Crippen LogP contribution is -1.87. The van der Waals surface area contributed by atoms with Crippen LogP contribution in [0, 0.1) is 5.95 Å². The Morgan fingerprint density at radius 2 is 2.05 bits per heavy atom. The van der Waals surface area contributed by atoms with Crippen molar-refractivity contribution in [2.75, 3.05) is 0 Å². The third-order valence-corrected chi connectivity index (χ3v) is 5.25. The molecule has 0 fully saturated rings. The van der Waals surface area contributed by atoms with E-state index in [1.165, 1.54) is 29.3 Å². The quantitative estimate of drug-likeness (QED) is 0.492. The summed E-state index contributed by atoms with van der Waals surface area (Å²) in [5.74, 6) is -0.563. The second-order valence-electron chi connectivity index (χ2n) is 4.23. The summed E-state index contributed by atoms with van der Waals surface area (Å²) < 4.78 is 14.7. The van der Waals surface area contributed by atoms with Gasteiger partial charge in [-0.2, -0.15) is 4.39 Å². The van der Waals surface area contributed by atoms with Crippen LogP contribution in [0.15, 0.2) is 51.8 Å². The highest BCUT2D eigenvalue weighted by molar-refractivity contribution is 8.01. The van der Waals surface area contributed by atoms with E-state index in [0.717, 1.165) is 15.4 Å². The van der Waals surface area contributed by atoms with Crippen LogP contribution in [0.1, 0.15) is 9.67 Å². The lowest BCUT2D eigenvalue weighted by atomic mass is 10.1. The van der Waals surface area contributed by atoms with Crippen molar-refractivity contribution in [2.45, 2.75) is 9.10 Å². The maximum absolute atomic E-state index is 13.9. The molecule has 3 aromatic rings. The van der Waals surface area contributed by atoms with Crippen molar-refractivity contribution in [3.05, 3.63) is 58.7 Å². The fourth-order valence-corrected chi connectivity index (χ4v) is 4.35. The molecular formula is C15H8ClFN2OS2. The van der Waals surface area contributed by atoms with Crippen molar-refractivity contribution in [3.8, 4) is 11.1 Å². The van der Waals surface area contributed by atoms with Crippen LogP contribution in [-0.4, -0.2) is 16.3 Å². The number of halogens is 2. The number of carbonyl (C=O) groups is 1. The Kier molecular flexibility index (Phi) is 4.52. The predicted molar refractivity (Wildman–Crippen MR) is 86.3 cm³/mol. The molecule has 3 rings (SSSR count). The first-order valence-electron chi connectivity index (χ1n) is 6.16. The van der Waals surface area contributed by atoms with E-state index in [9.17, 15) is 9.18 Å². The highest BCUT2D eigenvalue weighted by Gasteiger charge is 2.16. The fraction of sp³-hybridized carbons (Fsp3) is 0. The number of rotatable bonds is 4. The van der Waals surface area contributed by atoms with Crippen molar-refractivity contribution in [2.24, 2.45) is 0 Å². The average Bonchev–Trinajstić information content (AvgIpc) is 2.90. The van der Waals surface area contributed by atoms with Crippen molar-refractivity contribution in [3.63, 3.8) is 0 Å². The van der Waals surface area contributed by atoms with Gasteiger partial charge in [0, 0.05) is 28.4 Å². The van der Waals surface area contributed by atoms with Gasteiger partial charge in [-0.3, -0.25) is 4.79 Å². The van der Waals surface area contributed by atoms with Crippen LogP contribution in [0.3, 0.4) is 0 Å². The molecule has 0 radical (unpaired) electrons. The minimum Gasteiger partial charge on any atom is -0.297 e. The minimum atomic E-state index is -0.563. The monoisotopic (exact) mass is 350 g/mol. The van der Waals surface area contributed by atoms with E-state index in [1.807, 2.05) is 0 Å². The highest BCUT2D eigenvalue weighted by atomic mass is 35.5. The smallest absolute Gasteiger partial charge is 0.220 e. The van der Waals surface area contributed by atoms with Crippen molar-refractivity contribution in [1.29, 1.82) is 0 Å². The van der Waals surface area contributed by atoms with Gasteiger partial charge in [-0.05, 0) is 30.3 Å². The summed E-state index contributed by atoms with van der Waals surface area (Å²) >= 11 is 8.59. The number of nitrogens with zero attached hydrogens (tertiary/aromatic N) is 2. The van der Waals surface area contributed by atoms with E-state index < -0.39 is 5.95 Å². The topological polar surface area (TPSA) is 42.9 Å². The first kappa shape index (κ1) is 15.1. The van der Waals surface area contributed by atoms with Gasteiger partial charge in [-0.15, -0.1) is 11.3 Å². The lowest BCUT2D eigenvalue weighted by molar-refractivity contribution is 0.112. The van der Waals surface area contributed by atoms with Crippen LogP contribution in [-0.2, 0) is 0 Å². The molecular weight excluding hydrogens is 343 g/mol. The van der Waals surface area contributed by atoms with Gasteiger partial charge in [-0.1, -0.05) is 23.4 Å². The van der Waals surface area contributed by atoms with Crippen LogP contribution >= 0.6 is 34.7 Å². The Morgan fingerprint density at radius 1 is 1.18 bits per heavy atom. The summed E-state index contributed by atoms with van der Waals surface area (Å²) in [5.41, 5.74) is 1.02. The molecule has 0 atom stereocenters. The van der Waals surface area contributed by atoms with Crippen LogP contribution in [0.5, 0.6) is 0 Å². The second kappa shape index (κ2) is 6.56. The zero-order valence-electron chi connectivity index (χ0n) is 11.0. The molecule has 0 aliphatic heterocycles. The number of hydrogen-bond donors (Lipinski definition) is 0. The summed E-state index contributed by atoms with van der Waals surface area (Å²) in [6.07, 6.45) is 3.75. The van der Waals surface area contributed by atoms with E-state index in [2.05, 4.69) is 9.97 Å². The van der Waals surface area contributed by atoms with Crippen LogP contribution in [0.4, 0.5) is 4.39 Å². The minimum absolute atomic E-state index is 0.370. The summed E-state index contributed by atoms with van der Waals surface area (Å²) in [6.45, 7) is 0. The standard InChI is InChI=1S/C15H8ClFN2OS2/c16-13-7-9(3-5-18-13)21-15-12(6-10(8-20)22-15)11-2-1-4-19-14(11)17/h1-8H. The van der Waals surface area contributed by atoms with Gasteiger partial charge in [0.05, 0.1) is 9.09 Å². The van der Waals surface area contributed by atoms with Crippen molar-refractivity contribution >= 4 is 41.0 Å². The molecule has 0 spiro atoms. The van der Waals surface area contributed by atoms with Gasteiger partial charge in [0.2, 0.25) is 5.95 Å². The third kappa shape index (κ3) is 3.19. The van der Waals surface area contributed by atoms with Crippen LogP contribution < -0.4 is 0 Å². The van der Waals surface area contributed by atoms with Gasteiger partial charge in [-0.25, -0.2) is 9.97 Å². The lowest BCUT2D eigenvalue weighted by Gasteiger charge is -2.04. The zero-order chi connectivity index (χ0) is 15.5. The first-order chi connectivity index (χ1) is 10.7. The molecule has 22 heavy (non-hydrogen) atoms. The normalized spacial score (nSPS) is 10.6. The molecule has 0 saturated heterocycles. The number of pyridine rings is 2. The molecule has 0 bridgehead atoms. The molecule has 0 saturated carbocycles. The maximum atomic E-state index is 13.9. The molecule has 3 aromatic heterocycles. The van der Waals surface area contributed by atoms with E-state index in [4.69, 9.17) is 11.6 Å². The molecule has 110 valence electrons. The first-order valence-corrected chi connectivity index (χ1v) is 8.18. The molecule has 0 aliphatic carbocycles. The number of thiophene rings is 1. The summed E-state index contributed by atoms with van der Waals surface area (Å²) in [5, 5.41) is 0.381. The average molecular weight is 351 g/mol. The van der Waals surface area contributed by atoms with Crippen LogP contribution in [0.2, 0.25) is 5.15 Å². The Labute approximate surface area is 139 Å². The van der Waals surface area contributed by atoms with Gasteiger partial charge in [0.25, 0.3) is 0 Å². The van der Waals surface area contributed by atoms with Crippen LogP contribution in [0.25, 0.3) is 11.1 Å². The fourth-order valence-electron chi connectivity index (χ4n) is 1.86. The highest BCUT2D eigenvalue weighted by Crippen LogP contribution is 2.42. The molecule has 3 nitrogen and oxygen atoms in total. The molecule has 7 heteroatoms. The largest absolute Gasteiger partial charge is 0.297 e. The summed E-state index contributed by atoms with van der Waals surface area (Å²) in [7, 11) is 0. The molecule has 3 heterocycles. The number of aldehydes is 1. The number of hydrogen-bond acceptors (Lipinski definition) is 5. The Hall–Kier alpha value is -1.76. The number of aromatic nitrogens is 2. The molecule has 0 amide bonds. The van der Waals surface area contributed by atoms with Gasteiger partial charge in [0.15, 0.2) is 6.29 Å². The van der Waals surface area contributed by atoms with Gasteiger partial charge in [0.1, 0.15) is 5.15 Å². The Balaban J connectivity index is 2.06. The summed E-state index contributed by atoms with van der Waals surface area (Å²) in [6, 6.07) is 8.50. The number of carbonyl (C=O) groups excluding carboxylic acids is 1. The predicted octanol–water partition coefficient (Wildman–Crippen LogP) is 4.96. The molecule has 0 N–H and O–H groups in total. The van der Waals surface area contributed by atoms with E-state index in [-0.39, 0.29) is 0 Å². The van der Waals surface area contributed by atoms with E-state index >= 15 is 0 Å². The maximum Gasteiger partial charge on any atom is 0.220 e. The zero-order valence-corrected chi connectivity index (χ0v) is 13.4. The van der Waals surface area contributed by atoms with E-state index in [0.29, 0.717) is 21.2 Å². The molecule has 0 aliphatic rings. The van der Waals surface area contributed by atoms with Crippen molar-refractivity contribution < 1.29 is 9.18 Å². The SMILES string of the molecule is O=Cc1cc(-c2cccnc2F)c(Sc2ccnc(Cl)c2)s1. The van der Waals surface area contributed by atoms with E-state index in [1.54, 1.807) is 36.5 Å².